The van der Waals surface area contributed by atoms with Gasteiger partial charge in [-0.2, -0.15) is 5.10 Å². The van der Waals surface area contributed by atoms with Crippen LogP contribution < -0.4 is 10.1 Å². The summed E-state index contributed by atoms with van der Waals surface area (Å²) < 4.78 is 12.6. The number of rotatable bonds is 8. The number of amides is 1. The van der Waals surface area contributed by atoms with Crippen LogP contribution in [-0.2, 0) is 20.7 Å². The van der Waals surface area contributed by atoms with Crippen LogP contribution in [-0.4, -0.2) is 34.4 Å². The number of ether oxygens (including phenoxy) is 2. The lowest BCUT2D eigenvalue weighted by Crippen LogP contribution is -2.30. The summed E-state index contributed by atoms with van der Waals surface area (Å²) in [6.45, 7) is 7.80. The van der Waals surface area contributed by atoms with E-state index in [1.807, 2.05) is 51.1 Å². The number of benzene rings is 2. The molecule has 2 aromatic carbocycles. The number of hydrogen-bond donors (Lipinski definition) is 1. The van der Waals surface area contributed by atoms with Gasteiger partial charge in [-0.3, -0.25) is 9.59 Å². The van der Waals surface area contributed by atoms with Crippen LogP contribution >= 0.6 is 0 Å². The Morgan fingerprint density at radius 1 is 1.06 bits per heavy atom. The molecular weight excluding hydrogens is 394 g/mol. The van der Waals surface area contributed by atoms with Gasteiger partial charge in [-0.15, -0.1) is 0 Å². The fourth-order valence-electron chi connectivity index (χ4n) is 3.23. The Balaban J connectivity index is 1.60. The number of nitrogens with zero attached hydrogens (tertiary/aromatic N) is 2. The largest absolute Gasteiger partial charge is 0.494 e. The topological polar surface area (TPSA) is 82.4 Å². The normalized spacial score (nSPS) is 11.6. The Morgan fingerprint density at radius 2 is 1.74 bits per heavy atom. The second kappa shape index (κ2) is 9.93. The smallest absolute Gasteiger partial charge is 0.311 e. The van der Waals surface area contributed by atoms with E-state index in [1.54, 1.807) is 35.9 Å². The van der Waals surface area contributed by atoms with Gasteiger partial charge >= 0.3 is 5.97 Å². The van der Waals surface area contributed by atoms with Crippen molar-refractivity contribution in [2.24, 2.45) is 0 Å². The monoisotopic (exact) mass is 421 g/mol. The van der Waals surface area contributed by atoms with E-state index in [0.717, 1.165) is 28.4 Å². The van der Waals surface area contributed by atoms with Crippen LogP contribution in [0.5, 0.6) is 5.75 Å². The molecule has 1 heterocycles. The minimum atomic E-state index is -0.927. The summed E-state index contributed by atoms with van der Waals surface area (Å²) in [5.41, 5.74) is 3.95. The molecular formula is C24H27N3O4. The van der Waals surface area contributed by atoms with Gasteiger partial charge in [0, 0.05) is 16.9 Å². The van der Waals surface area contributed by atoms with Gasteiger partial charge in [0.1, 0.15) is 5.75 Å². The second-order valence-corrected chi connectivity index (χ2v) is 7.15. The number of aromatic nitrogens is 2. The van der Waals surface area contributed by atoms with Gasteiger partial charge in [0.05, 0.1) is 24.4 Å². The number of aryl methyl sites for hydroxylation is 1. The number of nitrogens with one attached hydrogen (secondary N) is 1. The van der Waals surface area contributed by atoms with Gasteiger partial charge < -0.3 is 14.8 Å². The molecule has 3 rings (SSSR count). The van der Waals surface area contributed by atoms with Crippen molar-refractivity contribution in [3.05, 3.63) is 71.5 Å². The zero-order valence-corrected chi connectivity index (χ0v) is 18.2. The molecule has 0 spiro atoms. The van der Waals surface area contributed by atoms with E-state index < -0.39 is 18.0 Å². The first-order chi connectivity index (χ1) is 14.9. The molecule has 7 heteroatoms. The first kappa shape index (κ1) is 22.1. The first-order valence-corrected chi connectivity index (χ1v) is 10.2. The minimum Gasteiger partial charge on any atom is -0.494 e. The van der Waals surface area contributed by atoms with Crippen molar-refractivity contribution in [2.75, 3.05) is 11.9 Å². The average molecular weight is 421 g/mol. The fourth-order valence-corrected chi connectivity index (χ4v) is 3.23. The molecule has 7 nitrogen and oxygen atoms in total. The predicted octanol–water partition coefficient (Wildman–Crippen LogP) is 4.00. The third kappa shape index (κ3) is 5.51. The zero-order valence-electron chi connectivity index (χ0n) is 18.2. The Hall–Kier alpha value is -3.61. The number of carbonyl (C=O) groups is 2. The highest BCUT2D eigenvalue weighted by atomic mass is 16.5. The van der Waals surface area contributed by atoms with Gasteiger partial charge in [0.15, 0.2) is 6.10 Å². The number of anilines is 1. The molecule has 0 saturated carbocycles. The summed E-state index contributed by atoms with van der Waals surface area (Å²) in [7, 11) is 0. The van der Waals surface area contributed by atoms with E-state index >= 15 is 0 Å². The van der Waals surface area contributed by atoms with Crippen LogP contribution in [0.3, 0.4) is 0 Å². The summed E-state index contributed by atoms with van der Waals surface area (Å²) in [6.07, 6.45) is -0.880. The van der Waals surface area contributed by atoms with Crippen LogP contribution in [0.15, 0.2) is 54.6 Å². The maximum atomic E-state index is 12.5. The standard InChI is InChI=1S/C24H27N3O4/c1-5-30-21-13-11-19(12-14-21)25-24(29)18(4)31-23(28)15-22-16(2)26-27(17(22)3)20-9-7-6-8-10-20/h6-14,18H,5,15H2,1-4H3,(H,25,29)/t18-/m1/s1. The fraction of sp³-hybridized carbons (Fsp3) is 0.292. The zero-order chi connectivity index (χ0) is 22.4. The molecule has 0 aliphatic carbocycles. The molecule has 0 bridgehead atoms. The second-order valence-electron chi connectivity index (χ2n) is 7.15. The summed E-state index contributed by atoms with van der Waals surface area (Å²) in [5, 5.41) is 7.28. The number of para-hydroxylation sites is 1. The van der Waals surface area contributed by atoms with Crippen molar-refractivity contribution in [1.82, 2.24) is 9.78 Å². The third-order valence-electron chi connectivity index (χ3n) is 4.87. The van der Waals surface area contributed by atoms with Crippen LogP contribution in [0.25, 0.3) is 5.69 Å². The molecule has 3 aromatic rings. The minimum absolute atomic E-state index is 0.0468. The van der Waals surface area contributed by atoms with E-state index in [9.17, 15) is 9.59 Å². The molecule has 1 N–H and O–H groups in total. The SMILES string of the molecule is CCOc1ccc(NC(=O)[C@@H](C)OC(=O)Cc2c(C)nn(-c3ccccc3)c2C)cc1. The lowest BCUT2D eigenvalue weighted by molar-refractivity contribution is -0.152. The van der Waals surface area contributed by atoms with Crippen LogP contribution in [0.2, 0.25) is 0 Å². The summed E-state index contributed by atoms with van der Waals surface area (Å²) >= 11 is 0. The summed E-state index contributed by atoms with van der Waals surface area (Å²) in [6, 6.07) is 16.7. The van der Waals surface area contributed by atoms with E-state index in [1.165, 1.54) is 0 Å². The van der Waals surface area contributed by atoms with Crippen molar-refractivity contribution >= 4 is 17.6 Å². The maximum Gasteiger partial charge on any atom is 0.311 e. The van der Waals surface area contributed by atoms with E-state index in [4.69, 9.17) is 9.47 Å². The van der Waals surface area contributed by atoms with Gasteiger partial charge in [0.2, 0.25) is 0 Å². The van der Waals surface area contributed by atoms with Crippen molar-refractivity contribution in [1.29, 1.82) is 0 Å². The van der Waals surface area contributed by atoms with Crippen LogP contribution in [0, 0.1) is 13.8 Å². The highest BCUT2D eigenvalue weighted by Gasteiger charge is 2.21. The van der Waals surface area contributed by atoms with E-state index in [0.29, 0.717) is 12.3 Å². The molecule has 162 valence electrons. The Kier molecular flexibility index (Phi) is 7.07. The molecule has 0 aliphatic rings. The summed E-state index contributed by atoms with van der Waals surface area (Å²) in [4.78, 5) is 24.9. The van der Waals surface area contributed by atoms with Crippen molar-refractivity contribution < 1.29 is 19.1 Å². The molecule has 1 atom stereocenters. The Morgan fingerprint density at radius 3 is 2.39 bits per heavy atom. The van der Waals surface area contributed by atoms with Gasteiger partial charge in [-0.05, 0) is 64.1 Å². The molecule has 0 fully saturated rings. The maximum absolute atomic E-state index is 12.5. The number of esters is 1. The first-order valence-electron chi connectivity index (χ1n) is 10.2. The van der Waals surface area contributed by atoms with Gasteiger partial charge in [-0.1, -0.05) is 18.2 Å². The molecule has 0 unspecified atom stereocenters. The lowest BCUT2D eigenvalue weighted by atomic mass is 10.1. The number of carbonyl (C=O) groups excluding carboxylic acids is 2. The third-order valence-corrected chi connectivity index (χ3v) is 4.87. The molecule has 0 saturated heterocycles. The predicted molar refractivity (Wildman–Crippen MR) is 119 cm³/mol. The van der Waals surface area contributed by atoms with E-state index in [-0.39, 0.29) is 6.42 Å². The highest BCUT2D eigenvalue weighted by molar-refractivity contribution is 5.95. The Labute approximate surface area is 182 Å². The average Bonchev–Trinajstić information content (AvgIpc) is 3.04. The molecule has 1 amide bonds. The quantitative estimate of drug-likeness (QED) is 0.556. The van der Waals surface area contributed by atoms with Crippen LogP contribution in [0.1, 0.15) is 30.8 Å². The molecule has 0 aliphatic heterocycles. The van der Waals surface area contributed by atoms with Crippen molar-refractivity contribution in [2.45, 2.75) is 40.2 Å². The number of hydrogen-bond acceptors (Lipinski definition) is 5. The van der Waals surface area contributed by atoms with Crippen LogP contribution in [0.4, 0.5) is 5.69 Å². The molecule has 31 heavy (non-hydrogen) atoms. The van der Waals surface area contributed by atoms with E-state index in [2.05, 4.69) is 10.4 Å². The summed E-state index contributed by atoms with van der Waals surface area (Å²) in [5.74, 6) is -0.152. The highest BCUT2D eigenvalue weighted by Crippen LogP contribution is 2.19. The Bertz CT molecular complexity index is 1040. The molecule has 1 aromatic heterocycles. The molecule has 0 radical (unpaired) electrons. The lowest BCUT2D eigenvalue weighted by Gasteiger charge is -2.14. The van der Waals surface area contributed by atoms with Gasteiger partial charge in [0.25, 0.3) is 5.91 Å². The van der Waals surface area contributed by atoms with Gasteiger partial charge in [-0.25, -0.2) is 4.68 Å². The van der Waals surface area contributed by atoms with Crippen molar-refractivity contribution in [3.8, 4) is 11.4 Å². The van der Waals surface area contributed by atoms with Crippen molar-refractivity contribution in [3.63, 3.8) is 0 Å².